The van der Waals surface area contributed by atoms with E-state index in [1.807, 2.05) is 17.7 Å². The van der Waals surface area contributed by atoms with Crippen molar-refractivity contribution >= 4 is 56.7 Å². The van der Waals surface area contributed by atoms with Crippen molar-refractivity contribution in [2.45, 2.75) is 78.8 Å². The number of furan rings is 1. The molecule has 0 spiro atoms. The van der Waals surface area contributed by atoms with Gasteiger partial charge in [0, 0.05) is 33.3 Å². The number of rotatable bonds is 3. The lowest BCUT2D eigenvalue weighted by molar-refractivity contribution is -0.660. The van der Waals surface area contributed by atoms with E-state index < -0.39 is 20.8 Å². The van der Waals surface area contributed by atoms with E-state index in [9.17, 15) is 1.37 Å². The van der Waals surface area contributed by atoms with Crippen LogP contribution in [0.25, 0.3) is 54.7 Å². The summed E-state index contributed by atoms with van der Waals surface area (Å²) >= 11 is 0. The van der Waals surface area contributed by atoms with Crippen molar-refractivity contribution in [3.8, 4) is 11.3 Å². The average Bonchev–Trinajstić information content (AvgIpc) is 3.36. The van der Waals surface area contributed by atoms with E-state index in [2.05, 4.69) is 95.0 Å². The van der Waals surface area contributed by atoms with Gasteiger partial charge < -0.3 is 4.42 Å². The van der Waals surface area contributed by atoms with Crippen molar-refractivity contribution in [2.24, 2.45) is 12.5 Å². The number of aryl methyl sites for hydroxylation is 3. The lowest BCUT2D eigenvalue weighted by atomic mass is 9.71. The number of hydrogen-bond acceptors (Lipinski definition) is 1. The van der Waals surface area contributed by atoms with Gasteiger partial charge in [-0.15, -0.1) is 0 Å². The SMILES string of the molecule is [2H]C([2H])([2H])c1c[n+](C)c(-c2c(C)ccc3c2oc2c3ccc3ccc4cc([Si](C)(C)C)ccc4c32)cc1C1([2H])CCC(C)(C)CC1. The number of pyridine rings is 1. The predicted molar refractivity (Wildman–Crippen MR) is 183 cm³/mol. The summed E-state index contributed by atoms with van der Waals surface area (Å²) in [7, 11) is 0.436. The summed E-state index contributed by atoms with van der Waals surface area (Å²) in [6.45, 7) is 11.4. The Labute approximate surface area is 257 Å². The van der Waals surface area contributed by atoms with Crippen LogP contribution in [0.1, 0.15) is 67.6 Å². The van der Waals surface area contributed by atoms with E-state index in [0.717, 1.165) is 62.4 Å². The van der Waals surface area contributed by atoms with E-state index in [0.29, 0.717) is 18.4 Å². The van der Waals surface area contributed by atoms with Crippen LogP contribution in [0.15, 0.2) is 71.3 Å². The zero-order valence-electron chi connectivity index (χ0n) is 30.0. The fourth-order valence-corrected chi connectivity index (χ4v) is 8.19. The third-order valence-corrected chi connectivity index (χ3v) is 11.8. The van der Waals surface area contributed by atoms with E-state index >= 15 is 0 Å². The van der Waals surface area contributed by atoms with Crippen molar-refractivity contribution in [1.29, 1.82) is 0 Å². The number of nitrogens with zero attached hydrogens (tertiary/aromatic N) is 1. The Hall–Kier alpha value is -3.43. The monoisotopic (exact) mass is 574 g/mol. The number of benzene rings is 4. The van der Waals surface area contributed by atoms with E-state index in [1.54, 1.807) is 6.20 Å². The number of fused-ring (bicyclic) bond motifs is 7. The van der Waals surface area contributed by atoms with Gasteiger partial charge in [0.05, 0.1) is 13.6 Å². The highest BCUT2D eigenvalue weighted by molar-refractivity contribution is 6.88. The minimum atomic E-state index is -2.32. The molecule has 0 saturated heterocycles. The van der Waals surface area contributed by atoms with E-state index in [1.165, 1.54) is 16.0 Å². The lowest BCUT2D eigenvalue weighted by Gasteiger charge is -2.34. The molecular formula is C39H44NOSi+. The van der Waals surface area contributed by atoms with Crippen LogP contribution in [0.5, 0.6) is 0 Å². The van der Waals surface area contributed by atoms with Crippen molar-refractivity contribution in [1.82, 2.24) is 0 Å². The Bertz CT molecular complexity index is 2190. The molecular weight excluding hydrogens is 527 g/mol. The highest BCUT2D eigenvalue weighted by Crippen LogP contribution is 2.45. The maximum absolute atomic E-state index is 9.63. The third-order valence-electron chi connectivity index (χ3n) is 9.80. The van der Waals surface area contributed by atoms with Gasteiger partial charge >= 0.3 is 0 Å². The first-order chi connectivity index (χ1) is 21.5. The quantitative estimate of drug-likeness (QED) is 0.117. The average molecular weight is 575 g/mol. The summed E-state index contributed by atoms with van der Waals surface area (Å²) in [5.74, 6) is -0.957. The van der Waals surface area contributed by atoms with Gasteiger partial charge in [0.25, 0.3) is 0 Å². The van der Waals surface area contributed by atoms with Crippen LogP contribution in [0.4, 0.5) is 0 Å². The molecule has 0 bridgehead atoms. The van der Waals surface area contributed by atoms with Crippen LogP contribution < -0.4 is 9.75 Å². The minimum Gasteiger partial charge on any atom is -0.454 e. The second kappa shape index (κ2) is 9.54. The summed E-state index contributed by atoms with van der Waals surface area (Å²) < 4.78 is 43.8. The fourth-order valence-electron chi connectivity index (χ4n) is 7.01. The zero-order valence-corrected chi connectivity index (χ0v) is 27.0. The van der Waals surface area contributed by atoms with Gasteiger partial charge in [0.1, 0.15) is 18.2 Å². The molecule has 1 saturated carbocycles. The van der Waals surface area contributed by atoms with Gasteiger partial charge in [-0.3, -0.25) is 0 Å². The summed E-state index contributed by atoms with van der Waals surface area (Å²) in [6, 6.07) is 22.0. The third kappa shape index (κ3) is 4.40. The zero-order chi connectivity index (χ0) is 33.0. The van der Waals surface area contributed by atoms with Gasteiger partial charge in [0.2, 0.25) is 5.69 Å². The first-order valence-electron chi connectivity index (χ1n) is 17.3. The summed E-state index contributed by atoms with van der Waals surface area (Å²) in [6.07, 6.45) is 4.82. The van der Waals surface area contributed by atoms with Gasteiger partial charge in [-0.2, -0.15) is 0 Å². The molecule has 0 amide bonds. The number of hydrogen-bond donors (Lipinski definition) is 0. The standard InChI is InChI=1S/C39H44NOSi/c1-24-9-14-31-32-15-12-27-10-11-28-21-29(42(6,7)8)13-16-30(28)36(27)38(32)41-37(31)35(24)34-22-33(25(2)23-40(34)5)26-17-19-39(3,4)20-18-26/h9-16,21-23,26H,17-20H2,1-8H3/q+1/i2D3,26D. The molecule has 0 N–H and O–H groups in total. The molecule has 0 aliphatic heterocycles. The molecule has 2 nitrogen and oxygen atoms in total. The molecule has 1 aliphatic carbocycles. The highest BCUT2D eigenvalue weighted by atomic mass is 28.3. The van der Waals surface area contributed by atoms with Gasteiger partial charge in [-0.1, -0.05) is 87.2 Å². The molecule has 214 valence electrons. The van der Waals surface area contributed by atoms with E-state index in [4.69, 9.17) is 8.53 Å². The number of aromatic nitrogens is 1. The first-order valence-corrected chi connectivity index (χ1v) is 18.8. The molecule has 1 aliphatic rings. The molecule has 2 heterocycles. The minimum absolute atomic E-state index is 0.159. The molecule has 4 aromatic carbocycles. The van der Waals surface area contributed by atoms with Crippen molar-refractivity contribution < 1.29 is 14.5 Å². The lowest BCUT2D eigenvalue weighted by Crippen LogP contribution is -2.37. The molecule has 0 radical (unpaired) electrons. The van der Waals surface area contributed by atoms with Crippen molar-refractivity contribution in [3.05, 3.63) is 83.6 Å². The maximum atomic E-state index is 9.63. The molecule has 7 rings (SSSR count). The van der Waals surface area contributed by atoms with Crippen LogP contribution in [-0.2, 0) is 7.05 Å². The van der Waals surface area contributed by atoms with Gasteiger partial charge in [0.15, 0.2) is 6.20 Å². The van der Waals surface area contributed by atoms with Crippen molar-refractivity contribution in [3.63, 3.8) is 0 Å². The first kappa shape index (κ1) is 23.1. The van der Waals surface area contributed by atoms with Crippen LogP contribution in [-0.4, -0.2) is 8.07 Å². The van der Waals surface area contributed by atoms with Crippen molar-refractivity contribution in [2.75, 3.05) is 0 Å². The Morgan fingerprint density at radius 2 is 1.52 bits per heavy atom. The van der Waals surface area contributed by atoms with Gasteiger partial charge in [-0.25, -0.2) is 4.57 Å². The smallest absolute Gasteiger partial charge is 0.216 e. The summed E-state index contributed by atoms with van der Waals surface area (Å²) in [5.41, 5.74) is 5.60. The largest absolute Gasteiger partial charge is 0.454 e. The molecule has 0 unspecified atom stereocenters. The molecule has 2 aromatic heterocycles. The highest BCUT2D eigenvalue weighted by Gasteiger charge is 2.31. The fraction of sp³-hybridized carbons (Fsp3) is 0.359. The second-order valence-corrected chi connectivity index (χ2v) is 19.5. The predicted octanol–water partition coefficient (Wildman–Crippen LogP) is 10.2. The van der Waals surface area contributed by atoms with Crippen LogP contribution in [0, 0.1) is 19.2 Å². The molecule has 42 heavy (non-hydrogen) atoms. The Morgan fingerprint density at radius 3 is 2.26 bits per heavy atom. The second-order valence-electron chi connectivity index (χ2n) is 14.4. The molecule has 0 atom stereocenters. The normalized spacial score (nSPS) is 18.7. The Kier molecular flexibility index (Phi) is 5.24. The van der Waals surface area contributed by atoms with Crippen LogP contribution in [0.3, 0.4) is 0 Å². The maximum Gasteiger partial charge on any atom is 0.216 e. The molecule has 1 fully saturated rings. The van der Waals surface area contributed by atoms with Crippen LogP contribution in [0.2, 0.25) is 19.6 Å². The topological polar surface area (TPSA) is 17.0 Å². The molecule has 3 heteroatoms. The van der Waals surface area contributed by atoms with Gasteiger partial charge in [-0.05, 0) is 84.1 Å². The summed E-state index contributed by atoms with van der Waals surface area (Å²) in [4.78, 5) is 0. The Balaban J connectivity index is 1.50. The van der Waals surface area contributed by atoms with Crippen LogP contribution >= 0.6 is 0 Å². The summed E-state index contributed by atoms with van der Waals surface area (Å²) in [5, 5.41) is 8.22. The van der Waals surface area contributed by atoms with E-state index in [-0.39, 0.29) is 11.0 Å². The molecule has 6 aromatic rings. The Morgan fingerprint density at radius 1 is 0.857 bits per heavy atom.